The zero-order valence-corrected chi connectivity index (χ0v) is 8.08. The maximum atomic E-state index is 11.7. The Morgan fingerprint density at radius 1 is 1.57 bits per heavy atom. The van der Waals surface area contributed by atoms with E-state index in [-0.39, 0.29) is 5.56 Å². The highest BCUT2D eigenvalue weighted by Crippen LogP contribution is 2.10. The number of aromatic nitrogens is 2. The van der Waals surface area contributed by atoms with Crippen molar-refractivity contribution in [2.75, 3.05) is 13.2 Å². The van der Waals surface area contributed by atoms with E-state index >= 15 is 0 Å². The summed E-state index contributed by atoms with van der Waals surface area (Å²) < 4.78 is 6.87. The molecular weight excluding hydrogens is 182 g/mol. The third kappa shape index (κ3) is 1.60. The maximum absolute atomic E-state index is 11.7. The van der Waals surface area contributed by atoms with E-state index in [1.807, 2.05) is 0 Å². The SMILES string of the molecule is NCCCn1[nH]c2c(c1=O)COCC2. The third-order valence-electron chi connectivity index (χ3n) is 2.47. The quantitative estimate of drug-likeness (QED) is 0.692. The van der Waals surface area contributed by atoms with E-state index in [0.29, 0.717) is 26.3 Å². The molecule has 0 atom stereocenters. The molecule has 1 aliphatic rings. The van der Waals surface area contributed by atoms with Crippen LogP contribution >= 0.6 is 0 Å². The van der Waals surface area contributed by atoms with E-state index in [1.54, 1.807) is 4.68 Å². The van der Waals surface area contributed by atoms with E-state index in [0.717, 1.165) is 24.1 Å². The molecule has 0 unspecified atom stereocenters. The number of hydrogen-bond donors (Lipinski definition) is 2. The van der Waals surface area contributed by atoms with Gasteiger partial charge in [-0.25, -0.2) is 0 Å². The molecule has 0 aromatic carbocycles. The number of aryl methyl sites for hydroxylation is 1. The molecule has 0 saturated carbocycles. The zero-order valence-electron chi connectivity index (χ0n) is 8.08. The summed E-state index contributed by atoms with van der Waals surface area (Å²) in [5, 5.41) is 3.11. The number of nitrogens with two attached hydrogens (primary N) is 1. The largest absolute Gasteiger partial charge is 0.376 e. The number of fused-ring (bicyclic) bond motifs is 1. The average molecular weight is 197 g/mol. The van der Waals surface area contributed by atoms with Crippen LogP contribution in [-0.2, 0) is 24.3 Å². The average Bonchev–Trinajstić information content (AvgIpc) is 2.54. The molecule has 0 bridgehead atoms. The minimum absolute atomic E-state index is 0.0492. The lowest BCUT2D eigenvalue weighted by Gasteiger charge is -2.08. The molecule has 78 valence electrons. The Morgan fingerprint density at radius 3 is 3.14 bits per heavy atom. The molecule has 2 heterocycles. The number of rotatable bonds is 3. The first-order valence-electron chi connectivity index (χ1n) is 4.91. The normalized spacial score (nSPS) is 15.5. The minimum Gasteiger partial charge on any atom is -0.376 e. The fourth-order valence-electron chi connectivity index (χ4n) is 1.68. The van der Waals surface area contributed by atoms with E-state index in [4.69, 9.17) is 10.5 Å². The van der Waals surface area contributed by atoms with Crippen LogP contribution in [0, 0.1) is 0 Å². The van der Waals surface area contributed by atoms with E-state index in [2.05, 4.69) is 5.10 Å². The van der Waals surface area contributed by atoms with Crippen molar-refractivity contribution in [1.29, 1.82) is 0 Å². The van der Waals surface area contributed by atoms with Crippen LogP contribution in [-0.4, -0.2) is 22.9 Å². The Kier molecular flexibility index (Phi) is 2.69. The fraction of sp³-hybridized carbons (Fsp3) is 0.667. The summed E-state index contributed by atoms with van der Waals surface area (Å²) >= 11 is 0. The summed E-state index contributed by atoms with van der Waals surface area (Å²) in [7, 11) is 0. The summed E-state index contributed by atoms with van der Waals surface area (Å²) in [4.78, 5) is 11.7. The Hall–Kier alpha value is -1.07. The Balaban J connectivity index is 2.25. The van der Waals surface area contributed by atoms with Gasteiger partial charge >= 0.3 is 0 Å². The molecule has 1 aromatic rings. The highest BCUT2D eigenvalue weighted by Gasteiger charge is 2.17. The van der Waals surface area contributed by atoms with Gasteiger partial charge in [-0.15, -0.1) is 0 Å². The Labute approximate surface area is 81.8 Å². The lowest BCUT2D eigenvalue weighted by atomic mass is 10.2. The molecule has 5 nitrogen and oxygen atoms in total. The molecule has 1 aliphatic heterocycles. The van der Waals surface area contributed by atoms with Crippen molar-refractivity contribution in [3.8, 4) is 0 Å². The van der Waals surface area contributed by atoms with Gasteiger partial charge in [0.1, 0.15) is 0 Å². The number of H-pyrrole nitrogens is 1. The van der Waals surface area contributed by atoms with E-state index < -0.39 is 0 Å². The molecule has 5 heteroatoms. The topological polar surface area (TPSA) is 73.0 Å². The highest BCUT2D eigenvalue weighted by molar-refractivity contribution is 5.18. The van der Waals surface area contributed by atoms with Gasteiger partial charge in [0.05, 0.1) is 18.8 Å². The second-order valence-electron chi connectivity index (χ2n) is 3.47. The van der Waals surface area contributed by atoms with Crippen LogP contribution in [0.2, 0.25) is 0 Å². The second-order valence-corrected chi connectivity index (χ2v) is 3.47. The lowest BCUT2D eigenvalue weighted by molar-refractivity contribution is 0.109. The van der Waals surface area contributed by atoms with Gasteiger partial charge in [-0.1, -0.05) is 0 Å². The first kappa shape index (κ1) is 9.48. The van der Waals surface area contributed by atoms with Crippen molar-refractivity contribution in [3.63, 3.8) is 0 Å². The van der Waals surface area contributed by atoms with Crippen molar-refractivity contribution in [2.45, 2.75) is 26.0 Å². The van der Waals surface area contributed by atoms with Gasteiger partial charge in [0.2, 0.25) is 0 Å². The molecule has 1 aromatic heterocycles. The molecule has 3 N–H and O–H groups in total. The molecule has 0 radical (unpaired) electrons. The summed E-state index contributed by atoms with van der Waals surface area (Å²) in [6.07, 6.45) is 1.63. The molecule has 0 amide bonds. The van der Waals surface area contributed by atoms with Crippen molar-refractivity contribution in [3.05, 3.63) is 21.6 Å². The summed E-state index contributed by atoms with van der Waals surface area (Å²) in [5.41, 5.74) is 7.26. The number of aromatic amines is 1. The van der Waals surface area contributed by atoms with Crippen molar-refractivity contribution in [2.24, 2.45) is 5.73 Å². The van der Waals surface area contributed by atoms with Crippen molar-refractivity contribution in [1.82, 2.24) is 9.78 Å². The lowest BCUT2D eigenvalue weighted by Crippen LogP contribution is -2.21. The predicted molar refractivity (Wildman–Crippen MR) is 52.1 cm³/mol. The standard InChI is InChI=1S/C9H15N3O2/c10-3-1-4-12-9(13)7-6-14-5-2-8(7)11-12/h11H,1-6,10H2. The van der Waals surface area contributed by atoms with Crippen LogP contribution in [0.5, 0.6) is 0 Å². The summed E-state index contributed by atoms with van der Waals surface area (Å²) in [5.74, 6) is 0. The van der Waals surface area contributed by atoms with Crippen LogP contribution in [0.15, 0.2) is 4.79 Å². The van der Waals surface area contributed by atoms with Crippen LogP contribution in [0.3, 0.4) is 0 Å². The maximum Gasteiger partial charge on any atom is 0.272 e. The summed E-state index contributed by atoms with van der Waals surface area (Å²) in [6, 6.07) is 0. The molecule has 0 aliphatic carbocycles. The van der Waals surface area contributed by atoms with Gasteiger partial charge in [0.25, 0.3) is 5.56 Å². The van der Waals surface area contributed by atoms with Crippen LogP contribution in [0.1, 0.15) is 17.7 Å². The monoisotopic (exact) mass is 197 g/mol. The van der Waals surface area contributed by atoms with E-state index in [1.165, 1.54) is 0 Å². The molecule has 0 saturated heterocycles. The van der Waals surface area contributed by atoms with Gasteiger partial charge in [-0.2, -0.15) is 0 Å². The first-order valence-corrected chi connectivity index (χ1v) is 4.91. The third-order valence-corrected chi connectivity index (χ3v) is 2.47. The number of nitrogens with zero attached hydrogens (tertiary/aromatic N) is 1. The number of nitrogens with one attached hydrogen (secondary N) is 1. The first-order chi connectivity index (χ1) is 6.83. The van der Waals surface area contributed by atoms with Gasteiger partial charge in [-0.05, 0) is 13.0 Å². The predicted octanol–water partition coefficient (Wildman–Crippen LogP) is -0.402. The molecule has 0 fully saturated rings. The van der Waals surface area contributed by atoms with Gasteiger partial charge < -0.3 is 10.5 Å². The van der Waals surface area contributed by atoms with E-state index in [9.17, 15) is 4.79 Å². The van der Waals surface area contributed by atoms with Gasteiger partial charge in [0, 0.05) is 18.7 Å². The Morgan fingerprint density at radius 2 is 2.43 bits per heavy atom. The molecular formula is C9H15N3O2. The zero-order chi connectivity index (χ0) is 9.97. The van der Waals surface area contributed by atoms with Crippen LogP contribution < -0.4 is 11.3 Å². The molecule has 2 rings (SSSR count). The summed E-state index contributed by atoms with van der Waals surface area (Å²) in [6.45, 7) is 2.42. The smallest absolute Gasteiger partial charge is 0.272 e. The van der Waals surface area contributed by atoms with Gasteiger partial charge in [0.15, 0.2) is 0 Å². The number of ether oxygens (including phenoxy) is 1. The second kappa shape index (κ2) is 3.98. The van der Waals surface area contributed by atoms with Gasteiger partial charge in [-0.3, -0.25) is 14.6 Å². The fourth-order valence-corrected chi connectivity index (χ4v) is 1.68. The van der Waals surface area contributed by atoms with Crippen molar-refractivity contribution >= 4 is 0 Å². The number of hydrogen-bond acceptors (Lipinski definition) is 3. The minimum atomic E-state index is 0.0492. The van der Waals surface area contributed by atoms with Crippen LogP contribution in [0.4, 0.5) is 0 Å². The highest BCUT2D eigenvalue weighted by atomic mass is 16.5. The van der Waals surface area contributed by atoms with Crippen molar-refractivity contribution < 1.29 is 4.74 Å². The Bertz CT molecular complexity index is 367. The molecule has 0 spiro atoms. The van der Waals surface area contributed by atoms with Crippen LogP contribution in [0.25, 0.3) is 0 Å². The molecule has 14 heavy (non-hydrogen) atoms.